The van der Waals surface area contributed by atoms with Crippen molar-refractivity contribution in [1.29, 1.82) is 0 Å². The molecule has 1 aromatic rings. The smallest absolute Gasteiger partial charge is 0.308 e. The molecule has 3 atom stereocenters. The van der Waals surface area contributed by atoms with Gasteiger partial charge in [-0.25, -0.2) is 8.78 Å². The largest absolute Gasteiger partial charge is 0.481 e. The number of carboxylic acids is 1. The Morgan fingerprint density at radius 1 is 1.29 bits per heavy atom. The lowest BCUT2D eigenvalue weighted by molar-refractivity contribution is -0.141. The molecule has 2 fully saturated rings. The third-order valence-electron chi connectivity index (χ3n) is 4.32. The number of likely N-dealkylation sites (tertiary alicyclic amines) is 1. The number of rotatable bonds is 3. The summed E-state index contributed by atoms with van der Waals surface area (Å²) >= 11 is 0. The SMILES string of the molecule is O=C(O)[C@@H]1CCN(C(=O)[C@@H]2C[C@@H]2c2ccc(F)cc2F)C1. The Morgan fingerprint density at radius 2 is 2.05 bits per heavy atom. The highest BCUT2D eigenvalue weighted by molar-refractivity contribution is 5.84. The number of aliphatic carboxylic acids is 1. The quantitative estimate of drug-likeness (QED) is 0.928. The zero-order valence-electron chi connectivity index (χ0n) is 11.3. The number of carbonyl (C=O) groups excluding carboxylic acids is 1. The number of hydrogen-bond donors (Lipinski definition) is 1. The van der Waals surface area contributed by atoms with Crippen molar-refractivity contribution in [1.82, 2.24) is 4.90 Å². The highest BCUT2D eigenvalue weighted by atomic mass is 19.1. The lowest BCUT2D eigenvalue weighted by atomic mass is 10.1. The van der Waals surface area contributed by atoms with E-state index in [-0.39, 0.29) is 24.3 Å². The second-order valence-electron chi connectivity index (χ2n) is 5.72. The van der Waals surface area contributed by atoms with Gasteiger partial charge in [-0.2, -0.15) is 0 Å². The molecule has 1 N–H and O–H groups in total. The maximum Gasteiger partial charge on any atom is 0.308 e. The minimum atomic E-state index is -0.887. The molecule has 1 heterocycles. The van der Waals surface area contributed by atoms with E-state index < -0.39 is 23.5 Å². The van der Waals surface area contributed by atoms with Crippen LogP contribution in [0, 0.1) is 23.5 Å². The monoisotopic (exact) mass is 295 g/mol. The zero-order valence-corrected chi connectivity index (χ0v) is 11.3. The maximum absolute atomic E-state index is 13.7. The molecule has 1 aliphatic heterocycles. The summed E-state index contributed by atoms with van der Waals surface area (Å²) in [7, 11) is 0. The zero-order chi connectivity index (χ0) is 15.1. The van der Waals surface area contributed by atoms with Crippen LogP contribution in [0.1, 0.15) is 24.3 Å². The summed E-state index contributed by atoms with van der Waals surface area (Å²) in [4.78, 5) is 24.7. The van der Waals surface area contributed by atoms with Crippen LogP contribution in [0.5, 0.6) is 0 Å². The van der Waals surface area contributed by atoms with Crippen molar-refractivity contribution in [2.45, 2.75) is 18.8 Å². The van der Waals surface area contributed by atoms with E-state index in [2.05, 4.69) is 0 Å². The molecule has 1 aliphatic carbocycles. The average molecular weight is 295 g/mol. The van der Waals surface area contributed by atoms with Crippen LogP contribution in [0.25, 0.3) is 0 Å². The average Bonchev–Trinajstić information content (AvgIpc) is 3.04. The second kappa shape index (κ2) is 5.09. The lowest BCUT2D eigenvalue weighted by Crippen LogP contribution is -2.31. The topological polar surface area (TPSA) is 57.6 Å². The Balaban J connectivity index is 1.65. The number of benzene rings is 1. The molecule has 6 heteroatoms. The van der Waals surface area contributed by atoms with Crippen LogP contribution in [0.2, 0.25) is 0 Å². The number of carboxylic acid groups (broad SMARTS) is 1. The molecule has 1 saturated carbocycles. The van der Waals surface area contributed by atoms with Crippen LogP contribution in [0.4, 0.5) is 8.78 Å². The molecule has 0 bridgehead atoms. The lowest BCUT2D eigenvalue weighted by Gasteiger charge is -2.15. The molecule has 4 nitrogen and oxygen atoms in total. The highest BCUT2D eigenvalue weighted by Crippen LogP contribution is 2.49. The van der Waals surface area contributed by atoms with Crippen LogP contribution in [0.3, 0.4) is 0 Å². The molecule has 112 valence electrons. The minimum Gasteiger partial charge on any atom is -0.481 e. The second-order valence-corrected chi connectivity index (χ2v) is 5.72. The Labute approximate surface area is 120 Å². The van der Waals surface area contributed by atoms with Crippen molar-refractivity contribution in [2.75, 3.05) is 13.1 Å². The summed E-state index contributed by atoms with van der Waals surface area (Å²) in [5, 5.41) is 8.94. The fraction of sp³-hybridized carbons (Fsp3) is 0.467. The van der Waals surface area contributed by atoms with Gasteiger partial charge in [0.15, 0.2) is 0 Å². The van der Waals surface area contributed by atoms with Gasteiger partial charge in [-0.05, 0) is 30.4 Å². The van der Waals surface area contributed by atoms with Crippen molar-refractivity contribution in [2.24, 2.45) is 11.8 Å². The number of amides is 1. The molecule has 0 aromatic heterocycles. The Hall–Kier alpha value is -1.98. The molecule has 1 saturated heterocycles. The van der Waals surface area contributed by atoms with Gasteiger partial charge in [0, 0.05) is 25.1 Å². The van der Waals surface area contributed by atoms with Crippen molar-refractivity contribution >= 4 is 11.9 Å². The first kappa shape index (κ1) is 14.0. The number of carbonyl (C=O) groups is 2. The summed E-state index contributed by atoms with van der Waals surface area (Å²) in [5.41, 5.74) is 0.365. The van der Waals surface area contributed by atoms with E-state index in [1.165, 1.54) is 12.1 Å². The fourth-order valence-corrected chi connectivity index (χ4v) is 3.01. The van der Waals surface area contributed by atoms with Gasteiger partial charge in [0.1, 0.15) is 11.6 Å². The molecule has 1 amide bonds. The normalized spacial score (nSPS) is 27.7. The van der Waals surface area contributed by atoms with Crippen molar-refractivity contribution < 1.29 is 23.5 Å². The molecule has 0 radical (unpaired) electrons. The van der Waals surface area contributed by atoms with E-state index in [4.69, 9.17) is 5.11 Å². The first-order valence-corrected chi connectivity index (χ1v) is 6.94. The molecule has 1 aromatic carbocycles. The van der Waals surface area contributed by atoms with Crippen LogP contribution in [0.15, 0.2) is 18.2 Å². The standard InChI is InChI=1S/C15H15F2NO3/c16-9-1-2-10(13(17)5-9)11-6-12(11)14(19)18-4-3-8(7-18)15(20)21/h1-2,5,8,11-12H,3-4,6-7H2,(H,20,21)/t8-,11-,12-/m1/s1. The van der Waals surface area contributed by atoms with E-state index in [9.17, 15) is 18.4 Å². The first-order chi connectivity index (χ1) is 9.97. The third-order valence-corrected chi connectivity index (χ3v) is 4.32. The summed E-state index contributed by atoms with van der Waals surface area (Å²) in [6.07, 6.45) is 0.999. The third kappa shape index (κ3) is 2.62. The number of nitrogens with zero attached hydrogens (tertiary/aromatic N) is 1. The maximum atomic E-state index is 13.7. The number of hydrogen-bond acceptors (Lipinski definition) is 2. The predicted octanol–water partition coefficient (Wildman–Crippen LogP) is 2.00. The van der Waals surface area contributed by atoms with E-state index in [0.717, 1.165) is 6.07 Å². The Kier molecular flexibility index (Phi) is 3.39. The van der Waals surface area contributed by atoms with Crippen LogP contribution < -0.4 is 0 Å². The van der Waals surface area contributed by atoms with E-state index in [0.29, 0.717) is 24.9 Å². The van der Waals surface area contributed by atoms with Gasteiger partial charge in [0.2, 0.25) is 5.91 Å². The van der Waals surface area contributed by atoms with Gasteiger partial charge in [-0.15, -0.1) is 0 Å². The van der Waals surface area contributed by atoms with Crippen LogP contribution in [-0.4, -0.2) is 35.0 Å². The van der Waals surface area contributed by atoms with E-state index >= 15 is 0 Å². The molecule has 3 rings (SSSR count). The number of halogens is 2. The van der Waals surface area contributed by atoms with Gasteiger partial charge in [0.05, 0.1) is 5.92 Å². The molecular weight excluding hydrogens is 280 g/mol. The van der Waals surface area contributed by atoms with Gasteiger partial charge in [-0.3, -0.25) is 9.59 Å². The Morgan fingerprint density at radius 3 is 2.67 bits per heavy atom. The molecule has 0 spiro atoms. The summed E-state index contributed by atoms with van der Waals surface area (Å²) in [6.45, 7) is 0.661. The minimum absolute atomic E-state index is 0.118. The summed E-state index contributed by atoms with van der Waals surface area (Å²) in [6, 6.07) is 3.40. The van der Waals surface area contributed by atoms with Gasteiger partial charge >= 0.3 is 5.97 Å². The van der Waals surface area contributed by atoms with Crippen LogP contribution in [-0.2, 0) is 9.59 Å². The fourth-order valence-electron chi connectivity index (χ4n) is 3.01. The van der Waals surface area contributed by atoms with Crippen LogP contribution >= 0.6 is 0 Å². The molecular formula is C15H15F2NO3. The first-order valence-electron chi connectivity index (χ1n) is 6.94. The predicted molar refractivity (Wildman–Crippen MR) is 69.5 cm³/mol. The van der Waals surface area contributed by atoms with Crippen molar-refractivity contribution in [3.8, 4) is 0 Å². The highest BCUT2D eigenvalue weighted by Gasteiger charge is 2.48. The Bertz CT molecular complexity index is 605. The van der Waals surface area contributed by atoms with Crippen molar-refractivity contribution in [3.63, 3.8) is 0 Å². The van der Waals surface area contributed by atoms with E-state index in [1.807, 2.05) is 0 Å². The molecule has 0 unspecified atom stereocenters. The van der Waals surface area contributed by atoms with E-state index in [1.54, 1.807) is 4.90 Å². The van der Waals surface area contributed by atoms with Gasteiger partial charge in [-0.1, -0.05) is 6.07 Å². The molecule has 21 heavy (non-hydrogen) atoms. The van der Waals surface area contributed by atoms with Crippen molar-refractivity contribution in [3.05, 3.63) is 35.4 Å². The summed E-state index contributed by atoms with van der Waals surface area (Å²) < 4.78 is 26.6. The summed E-state index contributed by atoms with van der Waals surface area (Å²) in [5.74, 6) is -3.30. The van der Waals surface area contributed by atoms with Gasteiger partial charge in [0.25, 0.3) is 0 Å². The van der Waals surface area contributed by atoms with Gasteiger partial charge < -0.3 is 10.0 Å². The molecule has 2 aliphatic rings.